The molecule has 3 heterocycles. The molecule has 1 aliphatic rings. The number of pyridine rings is 1. The van der Waals surface area contributed by atoms with E-state index in [1.54, 1.807) is 31.3 Å². The molecule has 0 aliphatic carbocycles. The fourth-order valence-electron chi connectivity index (χ4n) is 2.63. The first-order chi connectivity index (χ1) is 12.0. The maximum atomic E-state index is 11.6. The lowest BCUT2D eigenvalue weighted by atomic mass is 10.2. The minimum atomic E-state index is -0.422. The molecular weight excluding hydrogens is 379 g/mol. The summed E-state index contributed by atoms with van der Waals surface area (Å²) >= 11 is 5.81. The standard InChI is InChI=1S/C17H17ClN4O3.ClH/c1-12-3-5-14(25-12)9-15(22(23)24)17-19-7-2-8-21(17)11-13-4-6-16(18)20-10-13;/h3-6,9-10H,2,7-8,11H2,1H3;1H/b15-9-;. The SMILES string of the molecule is Cc1ccc(/C=C(/C2=NCCCN2Cc2ccc(Cl)nc2)[N+](=O)[O-])o1.Cl. The first-order valence-corrected chi connectivity index (χ1v) is 8.23. The van der Waals surface area contributed by atoms with Crippen molar-refractivity contribution in [2.75, 3.05) is 13.1 Å². The summed E-state index contributed by atoms with van der Waals surface area (Å²) in [6.45, 7) is 3.52. The molecule has 0 fully saturated rings. The zero-order valence-electron chi connectivity index (χ0n) is 14.1. The number of aromatic nitrogens is 1. The Morgan fingerprint density at radius 3 is 2.85 bits per heavy atom. The molecular formula is C17H18Cl2N4O3. The molecule has 0 amide bonds. The summed E-state index contributed by atoms with van der Waals surface area (Å²) in [6, 6.07) is 7.03. The number of nitro groups is 1. The fourth-order valence-corrected chi connectivity index (χ4v) is 2.75. The van der Waals surface area contributed by atoms with Crippen molar-refractivity contribution in [1.29, 1.82) is 0 Å². The molecule has 7 nitrogen and oxygen atoms in total. The molecule has 2 aromatic heterocycles. The third-order valence-corrected chi connectivity index (χ3v) is 4.00. The smallest absolute Gasteiger partial charge is 0.314 e. The molecule has 0 N–H and O–H groups in total. The van der Waals surface area contributed by atoms with Crippen LogP contribution < -0.4 is 0 Å². The second-order valence-electron chi connectivity index (χ2n) is 5.70. The zero-order valence-corrected chi connectivity index (χ0v) is 15.7. The van der Waals surface area contributed by atoms with E-state index in [1.807, 2.05) is 11.0 Å². The van der Waals surface area contributed by atoms with Crippen molar-refractivity contribution in [3.63, 3.8) is 0 Å². The largest absolute Gasteiger partial charge is 0.462 e. The van der Waals surface area contributed by atoms with Crippen molar-refractivity contribution in [3.8, 4) is 0 Å². The van der Waals surface area contributed by atoms with Crippen molar-refractivity contribution >= 4 is 35.9 Å². The normalized spacial score (nSPS) is 14.6. The van der Waals surface area contributed by atoms with Crippen LogP contribution in [0.1, 0.15) is 23.5 Å². The summed E-state index contributed by atoms with van der Waals surface area (Å²) in [5.41, 5.74) is 0.839. The van der Waals surface area contributed by atoms with Crippen LogP contribution in [0.5, 0.6) is 0 Å². The number of rotatable bonds is 5. The van der Waals surface area contributed by atoms with Gasteiger partial charge in [0.1, 0.15) is 16.7 Å². The second kappa shape index (κ2) is 8.82. The molecule has 2 aromatic rings. The molecule has 0 unspecified atom stereocenters. The van der Waals surface area contributed by atoms with Gasteiger partial charge in [0.05, 0.1) is 11.0 Å². The number of halogens is 2. The summed E-state index contributed by atoms with van der Waals surface area (Å²) in [4.78, 5) is 21.5. The molecule has 0 spiro atoms. The van der Waals surface area contributed by atoms with Crippen LogP contribution in [-0.2, 0) is 6.54 Å². The molecule has 0 bridgehead atoms. The van der Waals surface area contributed by atoms with Crippen LogP contribution in [0.4, 0.5) is 0 Å². The van der Waals surface area contributed by atoms with Gasteiger partial charge in [0.15, 0.2) is 0 Å². The summed E-state index contributed by atoms with van der Waals surface area (Å²) in [5.74, 6) is 1.49. The molecule has 26 heavy (non-hydrogen) atoms. The van der Waals surface area contributed by atoms with E-state index in [0.29, 0.717) is 42.1 Å². The third kappa shape index (κ3) is 4.83. The number of hydrogen-bond acceptors (Lipinski definition) is 6. The summed E-state index contributed by atoms with van der Waals surface area (Å²) in [6.07, 6.45) is 3.93. The Morgan fingerprint density at radius 1 is 1.42 bits per heavy atom. The highest BCUT2D eigenvalue weighted by molar-refractivity contribution is 6.29. The minimum Gasteiger partial charge on any atom is -0.462 e. The predicted molar refractivity (Wildman–Crippen MR) is 102 cm³/mol. The maximum absolute atomic E-state index is 11.6. The van der Waals surface area contributed by atoms with Crippen molar-refractivity contribution in [2.45, 2.75) is 19.9 Å². The second-order valence-corrected chi connectivity index (χ2v) is 6.09. The predicted octanol–water partition coefficient (Wildman–Crippen LogP) is 3.98. The van der Waals surface area contributed by atoms with Gasteiger partial charge >= 0.3 is 5.70 Å². The molecule has 0 aromatic carbocycles. The average molecular weight is 397 g/mol. The molecule has 3 rings (SSSR count). The Kier molecular flexibility index (Phi) is 6.76. The van der Waals surface area contributed by atoms with Crippen molar-refractivity contribution in [2.24, 2.45) is 4.99 Å². The highest BCUT2D eigenvalue weighted by atomic mass is 35.5. The molecule has 9 heteroatoms. The lowest BCUT2D eigenvalue weighted by molar-refractivity contribution is -0.414. The van der Waals surface area contributed by atoms with Crippen LogP contribution in [0, 0.1) is 17.0 Å². The van der Waals surface area contributed by atoms with Gasteiger partial charge in [-0.2, -0.15) is 0 Å². The quantitative estimate of drug-likeness (QED) is 0.433. The van der Waals surface area contributed by atoms with Gasteiger partial charge in [-0.3, -0.25) is 15.1 Å². The lowest BCUT2D eigenvalue weighted by Gasteiger charge is -2.27. The lowest BCUT2D eigenvalue weighted by Crippen LogP contribution is -2.38. The van der Waals surface area contributed by atoms with E-state index in [-0.39, 0.29) is 18.1 Å². The Morgan fingerprint density at radius 2 is 2.23 bits per heavy atom. The van der Waals surface area contributed by atoms with Crippen molar-refractivity contribution < 1.29 is 9.34 Å². The van der Waals surface area contributed by atoms with Crippen LogP contribution in [0.2, 0.25) is 5.15 Å². The Bertz CT molecular complexity index is 831. The Hall–Kier alpha value is -2.38. The Balaban J connectivity index is 0.00000243. The van der Waals surface area contributed by atoms with Gasteiger partial charge in [-0.25, -0.2) is 4.98 Å². The van der Waals surface area contributed by atoms with E-state index in [4.69, 9.17) is 16.0 Å². The summed E-state index contributed by atoms with van der Waals surface area (Å²) < 4.78 is 5.44. The van der Waals surface area contributed by atoms with Crippen LogP contribution in [-0.4, -0.2) is 33.7 Å². The molecule has 0 radical (unpaired) electrons. The number of aryl methyl sites for hydroxylation is 1. The highest BCUT2D eigenvalue weighted by Gasteiger charge is 2.28. The maximum Gasteiger partial charge on any atom is 0.314 e. The van der Waals surface area contributed by atoms with E-state index in [9.17, 15) is 10.1 Å². The molecule has 1 aliphatic heterocycles. The number of furan rings is 1. The summed E-state index contributed by atoms with van der Waals surface area (Å²) in [7, 11) is 0. The van der Waals surface area contributed by atoms with Crippen molar-refractivity contribution in [1.82, 2.24) is 9.88 Å². The average Bonchev–Trinajstić information content (AvgIpc) is 3.00. The fraction of sp³-hybridized carbons (Fsp3) is 0.294. The topological polar surface area (TPSA) is 84.8 Å². The molecule has 0 saturated carbocycles. The minimum absolute atomic E-state index is 0. The third-order valence-electron chi connectivity index (χ3n) is 3.78. The number of aliphatic imine (C=N–C) groups is 1. The van der Waals surface area contributed by atoms with E-state index in [0.717, 1.165) is 12.0 Å². The van der Waals surface area contributed by atoms with Crippen molar-refractivity contribution in [3.05, 3.63) is 68.5 Å². The van der Waals surface area contributed by atoms with E-state index in [2.05, 4.69) is 9.98 Å². The number of amidine groups is 1. The Labute approximate surface area is 161 Å². The molecule has 138 valence electrons. The van der Waals surface area contributed by atoms with Crippen LogP contribution >= 0.6 is 24.0 Å². The van der Waals surface area contributed by atoms with Gasteiger partial charge in [-0.15, -0.1) is 12.4 Å². The van der Waals surface area contributed by atoms with Gasteiger partial charge in [0, 0.05) is 25.8 Å². The van der Waals surface area contributed by atoms with Crippen LogP contribution in [0.3, 0.4) is 0 Å². The first-order valence-electron chi connectivity index (χ1n) is 7.85. The van der Waals surface area contributed by atoms with E-state index < -0.39 is 4.92 Å². The van der Waals surface area contributed by atoms with Gasteiger partial charge < -0.3 is 9.32 Å². The zero-order chi connectivity index (χ0) is 17.8. The molecule has 0 atom stereocenters. The van der Waals surface area contributed by atoms with Gasteiger partial charge in [-0.1, -0.05) is 17.7 Å². The molecule has 0 saturated heterocycles. The van der Waals surface area contributed by atoms with Crippen LogP contribution in [0.25, 0.3) is 6.08 Å². The summed E-state index contributed by atoms with van der Waals surface area (Å²) in [5, 5.41) is 12.0. The van der Waals surface area contributed by atoms with Crippen LogP contribution in [0.15, 0.2) is 45.6 Å². The number of nitrogens with zero attached hydrogens (tertiary/aromatic N) is 4. The highest BCUT2D eigenvalue weighted by Crippen LogP contribution is 2.19. The van der Waals surface area contributed by atoms with Gasteiger partial charge in [0.2, 0.25) is 5.84 Å². The number of hydrogen-bond donors (Lipinski definition) is 0. The first kappa shape index (κ1) is 19.9. The van der Waals surface area contributed by atoms with Gasteiger partial charge in [-0.05, 0) is 37.1 Å². The van der Waals surface area contributed by atoms with E-state index in [1.165, 1.54) is 6.08 Å². The monoisotopic (exact) mass is 396 g/mol. The van der Waals surface area contributed by atoms with Gasteiger partial charge in [0.25, 0.3) is 0 Å². The van der Waals surface area contributed by atoms with E-state index >= 15 is 0 Å².